The zero-order chi connectivity index (χ0) is 67.5. The molecule has 0 amide bonds. The summed E-state index contributed by atoms with van der Waals surface area (Å²) >= 11 is 0. The van der Waals surface area contributed by atoms with Crippen LogP contribution in [0.1, 0.15) is 284 Å². The van der Waals surface area contributed by atoms with Gasteiger partial charge in [-0.25, -0.2) is 4.79 Å². The van der Waals surface area contributed by atoms with Crippen molar-refractivity contribution < 1.29 is 42.9 Å². The molecule has 0 aliphatic heterocycles. The van der Waals surface area contributed by atoms with Gasteiger partial charge in [-0.3, -0.25) is 9.59 Å². The van der Waals surface area contributed by atoms with E-state index in [9.17, 15) is 19.5 Å². The molecule has 0 rings (SSSR count). The molecule has 0 aliphatic rings. The molecule has 0 fully saturated rings. The van der Waals surface area contributed by atoms with Gasteiger partial charge >= 0.3 is 17.9 Å². The summed E-state index contributed by atoms with van der Waals surface area (Å²) in [7, 11) is 5.96. The Morgan fingerprint density at radius 1 is 0.333 bits per heavy atom. The Hall–Kier alpha value is -5.35. The number of hydrogen-bond donors (Lipinski definition) is 1. The third-order valence-corrected chi connectivity index (χ3v) is 15.5. The number of aliphatic carboxylic acids is 1. The number of carboxylic acids is 1. The van der Waals surface area contributed by atoms with E-state index in [2.05, 4.69) is 184 Å². The maximum absolute atomic E-state index is 13.0. The van der Waals surface area contributed by atoms with Gasteiger partial charge in [-0.05, 0) is 135 Å². The van der Waals surface area contributed by atoms with E-state index in [4.69, 9.17) is 18.9 Å². The van der Waals surface area contributed by atoms with Crippen molar-refractivity contribution in [2.24, 2.45) is 0 Å². The number of rotatable bonds is 67. The zero-order valence-electron chi connectivity index (χ0n) is 60.1. The molecule has 1 N–H and O–H groups in total. The van der Waals surface area contributed by atoms with Crippen LogP contribution in [0.4, 0.5) is 0 Å². The van der Waals surface area contributed by atoms with Crippen molar-refractivity contribution in [3.05, 3.63) is 170 Å². The van der Waals surface area contributed by atoms with E-state index < -0.39 is 24.3 Å². The van der Waals surface area contributed by atoms with Crippen molar-refractivity contribution >= 4 is 17.9 Å². The number of allylic oxidation sites excluding steroid dienone is 28. The van der Waals surface area contributed by atoms with E-state index in [1.165, 1.54) is 116 Å². The molecule has 0 spiro atoms. The van der Waals surface area contributed by atoms with Gasteiger partial charge in [0, 0.05) is 12.8 Å². The van der Waals surface area contributed by atoms with Crippen LogP contribution in [-0.2, 0) is 33.3 Å². The zero-order valence-corrected chi connectivity index (χ0v) is 60.1. The number of ether oxygens (including phenoxy) is 4. The molecule has 2 unspecified atom stereocenters. The van der Waals surface area contributed by atoms with Crippen molar-refractivity contribution in [2.45, 2.75) is 296 Å². The molecule has 0 aromatic carbocycles. The monoisotopic (exact) mass is 1290 g/mol. The van der Waals surface area contributed by atoms with Gasteiger partial charge in [0.15, 0.2) is 6.10 Å². The second-order valence-corrected chi connectivity index (χ2v) is 25.5. The summed E-state index contributed by atoms with van der Waals surface area (Å²) in [5.74, 6) is -2.04. The predicted molar refractivity (Wildman–Crippen MR) is 400 cm³/mol. The van der Waals surface area contributed by atoms with Crippen molar-refractivity contribution in [1.29, 1.82) is 0 Å². The Morgan fingerprint density at radius 3 is 0.914 bits per heavy atom. The standard InChI is InChI=1S/C84H137NO8/c1-6-8-10-12-14-16-18-20-22-24-26-28-30-32-34-36-37-38-39-40-41-42-43-44-45-47-49-51-53-55-57-59-61-63-65-67-69-71-73-75-82(87)93-80(79-92-84(83(88)89)90-77-76-85(3,4)5)78-91-81(86)74-72-70-68-66-64-62-60-58-56-54-52-50-48-46-35-33-31-29-27-25-23-21-19-17-15-13-11-9-7-2/h8,10,14,16,19-22,25-28,31-34,37-38,40-41,43-44,47,49,53,55,59,61,80,84H,6-7,9,11-13,15,17-18,23-24,29-30,35-36,39,42,45-46,48,50-52,54,56-58,60,62-79H2,1-5H3/p+1/b10-8-,16-14-,21-19-,22-20-,27-25-,28-26-,33-31-,34-32-,38-37-,41-40-,44-43-,49-47-,55-53-,61-59-. The van der Waals surface area contributed by atoms with Crippen molar-refractivity contribution in [2.75, 3.05) is 47.5 Å². The van der Waals surface area contributed by atoms with Crippen LogP contribution in [0, 0.1) is 0 Å². The molecule has 0 bridgehead atoms. The third kappa shape index (κ3) is 73.9. The molecule has 9 heteroatoms. The topological polar surface area (TPSA) is 108 Å². The molecule has 0 aromatic heterocycles. The van der Waals surface area contributed by atoms with Crippen molar-refractivity contribution in [3.63, 3.8) is 0 Å². The summed E-state index contributed by atoms with van der Waals surface area (Å²) in [6.45, 7) is 4.73. The molecular weight excluding hydrogens is 1150 g/mol. The summed E-state index contributed by atoms with van der Waals surface area (Å²) in [6, 6.07) is 0. The quantitative estimate of drug-likeness (QED) is 0.0211. The van der Waals surface area contributed by atoms with Gasteiger partial charge in [0.25, 0.3) is 6.29 Å². The van der Waals surface area contributed by atoms with Gasteiger partial charge < -0.3 is 28.5 Å². The highest BCUT2D eigenvalue weighted by Gasteiger charge is 2.25. The molecule has 0 aliphatic carbocycles. The van der Waals surface area contributed by atoms with Gasteiger partial charge in [-0.1, -0.05) is 306 Å². The Balaban J connectivity index is 4.20. The molecular formula is C84H138NO8+. The molecule has 9 nitrogen and oxygen atoms in total. The average Bonchev–Trinajstić information content (AvgIpc) is 3.38. The van der Waals surface area contributed by atoms with Crippen LogP contribution in [-0.4, -0.2) is 87.4 Å². The highest BCUT2D eigenvalue weighted by Crippen LogP contribution is 2.16. The third-order valence-electron chi connectivity index (χ3n) is 15.5. The summed E-state index contributed by atoms with van der Waals surface area (Å²) in [5, 5.41) is 9.76. The number of likely N-dealkylation sites (N-methyl/N-ethyl adjacent to an activating group) is 1. The summed E-state index contributed by atoms with van der Waals surface area (Å²) in [5.41, 5.74) is 0. The molecule has 0 saturated carbocycles. The van der Waals surface area contributed by atoms with E-state index in [0.717, 1.165) is 135 Å². The Bertz CT molecular complexity index is 2140. The van der Waals surface area contributed by atoms with Crippen LogP contribution >= 0.6 is 0 Å². The average molecular weight is 1290 g/mol. The van der Waals surface area contributed by atoms with E-state index in [-0.39, 0.29) is 38.6 Å². The maximum Gasteiger partial charge on any atom is 0.361 e. The van der Waals surface area contributed by atoms with Crippen LogP contribution in [0.3, 0.4) is 0 Å². The number of carbonyl (C=O) groups excluding carboxylic acids is 2. The molecule has 0 radical (unpaired) electrons. The lowest BCUT2D eigenvalue weighted by molar-refractivity contribution is -0.870. The molecule has 0 saturated heterocycles. The molecule has 93 heavy (non-hydrogen) atoms. The van der Waals surface area contributed by atoms with E-state index >= 15 is 0 Å². The Kier molecular flexibility index (Phi) is 68.3. The van der Waals surface area contributed by atoms with Crippen LogP contribution in [0.15, 0.2) is 170 Å². The van der Waals surface area contributed by atoms with Crippen LogP contribution < -0.4 is 0 Å². The lowest BCUT2D eigenvalue weighted by Crippen LogP contribution is -2.40. The molecule has 526 valence electrons. The fraction of sp³-hybridized carbons (Fsp3) is 0.631. The van der Waals surface area contributed by atoms with Crippen LogP contribution in [0.5, 0.6) is 0 Å². The molecule has 0 heterocycles. The fourth-order valence-electron chi connectivity index (χ4n) is 9.79. The minimum atomic E-state index is -1.53. The van der Waals surface area contributed by atoms with Crippen LogP contribution in [0.2, 0.25) is 0 Å². The number of carboxylic acid groups (broad SMARTS) is 1. The van der Waals surface area contributed by atoms with Crippen molar-refractivity contribution in [3.8, 4) is 0 Å². The second-order valence-electron chi connectivity index (χ2n) is 25.5. The Labute approximate surface area is 571 Å². The first-order valence-corrected chi connectivity index (χ1v) is 37.3. The largest absolute Gasteiger partial charge is 0.477 e. The first kappa shape index (κ1) is 87.7. The summed E-state index contributed by atoms with van der Waals surface area (Å²) < 4.78 is 23.0. The number of unbranched alkanes of at least 4 members (excludes halogenated alkanes) is 24. The first-order valence-electron chi connectivity index (χ1n) is 37.3. The summed E-state index contributed by atoms with van der Waals surface area (Å²) in [4.78, 5) is 37.7. The normalized spacial score (nSPS) is 13.7. The summed E-state index contributed by atoms with van der Waals surface area (Å²) in [6.07, 6.45) is 106. The first-order chi connectivity index (χ1) is 45.6. The highest BCUT2D eigenvalue weighted by molar-refractivity contribution is 5.71. The van der Waals surface area contributed by atoms with E-state index in [1.54, 1.807) is 0 Å². The molecule has 0 aromatic rings. The van der Waals surface area contributed by atoms with Gasteiger partial charge in [0.2, 0.25) is 0 Å². The van der Waals surface area contributed by atoms with Crippen molar-refractivity contribution in [1.82, 2.24) is 0 Å². The second kappa shape index (κ2) is 72.5. The van der Waals surface area contributed by atoms with Gasteiger partial charge in [0.1, 0.15) is 13.2 Å². The number of esters is 2. The Morgan fingerprint density at radius 2 is 0.613 bits per heavy atom. The maximum atomic E-state index is 13.0. The van der Waals surface area contributed by atoms with Gasteiger partial charge in [0.05, 0.1) is 34.4 Å². The predicted octanol–water partition coefficient (Wildman–Crippen LogP) is 23.8. The number of nitrogens with zero attached hydrogens (tertiary/aromatic N) is 1. The minimum Gasteiger partial charge on any atom is -0.477 e. The molecule has 2 atom stereocenters. The van der Waals surface area contributed by atoms with Gasteiger partial charge in [-0.2, -0.15) is 0 Å². The smallest absolute Gasteiger partial charge is 0.361 e. The van der Waals surface area contributed by atoms with E-state index in [0.29, 0.717) is 17.4 Å². The number of hydrogen-bond acceptors (Lipinski definition) is 7. The number of carbonyl (C=O) groups is 3. The van der Waals surface area contributed by atoms with Crippen LogP contribution in [0.25, 0.3) is 0 Å². The fourth-order valence-corrected chi connectivity index (χ4v) is 9.79. The lowest BCUT2D eigenvalue weighted by atomic mass is 10.0. The number of quaternary nitrogens is 1. The van der Waals surface area contributed by atoms with E-state index in [1.807, 2.05) is 21.1 Å². The minimum absolute atomic E-state index is 0.175. The van der Waals surface area contributed by atoms with Gasteiger partial charge in [-0.15, -0.1) is 0 Å². The lowest BCUT2D eigenvalue weighted by Gasteiger charge is -2.25. The SMILES string of the molecule is CC/C=C\C/C=C\C/C=C\C/C=C\C/C=C\C/C=C\C/C=C\C/C=C\C/C=C\C/C=C\C/C=C\CCCCCCCC(=O)OC(COC(=O)CCCCCCCCCCCCCCCC/C=C\C/C=C\C/C=C\CCCCCCC)COC(OCC[N+](C)(C)C)C(=O)O. The highest BCUT2D eigenvalue weighted by atomic mass is 16.7.